The lowest BCUT2D eigenvalue weighted by atomic mass is 9.80. The van der Waals surface area contributed by atoms with Gasteiger partial charge in [-0.25, -0.2) is 0 Å². The molecule has 1 N–H and O–H groups in total. The summed E-state index contributed by atoms with van der Waals surface area (Å²) in [7, 11) is 1.75. The Morgan fingerprint density at radius 2 is 1.95 bits per heavy atom. The molecule has 2 aliphatic carbocycles. The van der Waals surface area contributed by atoms with Gasteiger partial charge in [-0.2, -0.15) is 0 Å². The molecule has 4 nitrogen and oxygen atoms in total. The fourth-order valence-electron chi connectivity index (χ4n) is 3.60. The summed E-state index contributed by atoms with van der Waals surface area (Å²) >= 11 is 0. The molecule has 1 aliphatic heterocycles. The fraction of sp³-hybridized carbons (Fsp3) is 0.941. The molecule has 3 aliphatic rings. The summed E-state index contributed by atoms with van der Waals surface area (Å²) in [5.74, 6) is 1.54. The molecule has 3 fully saturated rings. The molecule has 1 saturated heterocycles. The van der Waals surface area contributed by atoms with Gasteiger partial charge in [-0.3, -0.25) is 4.79 Å². The van der Waals surface area contributed by atoms with Crippen LogP contribution in [0.5, 0.6) is 0 Å². The van der Waals surface area contributed by atoms with Crippen molar-refractivity contribution in [2.24, 2.45) is 11.8 Å². The highest BCUT2D eigenvalue weighted by molar-refractivity contribution is 5.80. The second-order valence-electron chi connectivity index (χ2n) is 7.38. The van der Waals surface area contributed by atoms with Crippen molar-refractivity contribution in [2.45, 2.75) is 56.9 Å². The first-order valence-corrected chi connectivity index (χ1v) is 8.74. The van der Waals surface area contributed by atoms with Gasteiger partial charge in [-0.05, 0) is 50.9 Å². The summed E-state index contributed by atoms with van der Waals surface area (Å²) in [6.45, 7) is 4.28. The van der Waals surface area contributed by atoms with Crippen LogP contribution >= 0.6 is 0 Å². The van der Waals surface area contributed by atoms with E-state index in [9.17, 15) is 4.79 Å². The first kappa shape index (κ1) is 15.3. The normalized spacial score (nSPS) is 26.3. The maximum absolute atomic E-state index is 12.4. The van der Waals surface area contributed by atoms with Crippen LogP contribution in [0.4, 0.5) is 0 Å². The van der Waals surface area contributed by atoms with Crippen LogP contribution in [0.15, 0.2) is 0 Å². The second kappa shape index (κ2) is 6.66. The first-order chi connectivity index (χ1) is 10.2. The Kier molecular flexibility index (Phi) is 4.85. The van der Waals surface area contributed by atoms with E-state index in [1.165, 1.54) is 25.8 Å². The van der Waals surface area contributed by atoms with Crippen molar-refractivity contribution in [3.05, 3.63) is 0 Å². The minimum Gasteiger partial charge on any atom is -0.385 e. The minimum absolute atomic E-state index is 0.0112. The van der Waals surface area contributed by atoms with E-state index in [0.29, 0.717) is 5.91 Å². The Bertz CT molecular complexity index is 356. The fourth-order valence-corrected chi connectivity index (χ4v) is 3.60. The Morgan fingerprint density at radius 1 is 1.24 bits per heavy atom. The van der Waals surface area contributed by atoms with Gasteiger partial charge in [0.05, 0.1) is 0 Å². The van der Waals surface area contributed by atoms with Gasteiger partial charge in [0.25, 0.3) is 0 Å². The Morgan fingerprint density at radius 3 is 2.48 bits per heavy atom. The average molecular weight is 294 g/mol. The van der Waals surface area contributed by atoms with Crippen LogP contribution in [0.25, 0.3) is 0 Å². The van der Waals surface area contributed by atoms with Crippen molar-refractivity contribution in [2.75, 3.05) is 33.4 Å². The molecule has 0 aromatic rings. The monoisotopic (exact) mass is 294 g/mol. The van der Waals surface area contributed by atoms with Crippen LogP contribution in [-0.2, 0) is 9.53 Å². The van der Waals surface area contributed by atoms with E-state index >= 15 is 0 Å². The van der Waals surface area contributed by atoms with Gasteiger partial charge in [-0.15, -0.1) is 0 Å². The van der Waals surface area contributed by atoms with Crippen molar-refractivity contribution in [1.82, 2.24) is 10.2 Å². The quantitative estimate of drug-likeness (QED) is 0.782. The van der Waals surface area contributed by atoms with Crippen molar-refractivity contribution >= 4 is 5.91 Å². The van der Waals surface area contributed by atoms with E-state index in [-0.39, 0.29) is 11.5 Å². The van der Waals surface area contributed by atoms with Gasteiger partial charge in [0.2, 0.25) is 5.91 Å². The molecule has 1 heterocycles. The number of carbonyl (C=O) groups excluding carboxylic acids is 1. The van der Waals surface area contributed by atoms with E-state index in [1.54, 1.807) is 7.11 Å². The summed E-state index contributed by atoms with van der Waals surface area (Å²) in [6.07, 6.45) is 9.36. The summed E-state index contributed by atoms with van der Waals surface area (Å²) in [5, 5.41) is 3.41. The molecule has 0 atom stereocenters. The summed E-state index contributed by atoms with van der Waals surface area (Å²) in [6, 6.07) is 0. The van der Waals surface area contributed by atoms with Gasteiger partial charge in [-0.1, -0.05) is 6.42 Å². The third-order valence-corrected chi connectivity index (χ3v) is 5.68. The maximum atomic E-state index is 12.4. The number of amides is 1. The molecule has 4 heteroatoms. The van der Waals surface area contributed by atoms with E-state index in [0.717, 1.165) is 57.7 Å². The number of nitrogens with one attached hydrogen (secondary N) is 1. The maximum Gasteiger partial charge on any atom is 0.223 e. The van der Waals surface area contributed by atoms with E-state index in [2.05, 4.69) is 10.2 Å². The lowest BCUT2D eigenvalue weighted by Gasteiger charge is -2.43. The Labute approximate surface area is 128 Å². The predicted octanol–water partition coefficient (Wildman–Crippen LogP) is 2.18. The van der Waals surface area contributed by atoms with Gasteiger partial charge in [0, 0.05) is 44.8 Å². The van der Waals surface area contributed by atoms with Crippen molar-refractivity contribution in [3.8, 4) is 0 Å². The molecular formula is C17H30N2O2. The second-order valence-corrected chi connectivity index (χ2v) is 7.38. The third kappa shape index (κ3) is 3.98. The minimum atomic E-state index is -0.0112. The zero-order valence-corrected chi connectivity index (χ0v) is 13.4. The topological polar surface area (TPSA) is 41.6 Å². The van der Waals surface area contributed by atoms with Crippen LogP contribution in [0.2, 0.25) is 0 Å². The van der Waals surface area contributed by atoms with Gasteiger partial charge in [0.1, 0.15) is 0 Å². The number of rotatable bonds is 7. The standard InChI is InChI=1S/C17H30N2O2/c1-21-12-9-17(18-16(20)15-3-2-4-15)7-10-19(11-8-17)13-14-5-6-14/h14-15H,2-13H2,1H3,(H,18,20). The van der Waals surface area contributed by atoms with Gasteiger partial charge < -0.3 is 15.0 Å². The lowest BCUT2D eigenvalue weighted by Crippen LogP contribution is -2.57. The first-order valence-electron chi connectivity index (χ1n) is 8.74. The lowest BCUT2D eigenvalue weighted by molar-refractivity contribution is -0.130. The molecule has 0 radical (unpaired) electrons. The molecule has 0 bridgehead atoms. The summed E-state index contributed by atoms with van der Waals surface area (Å²) in [4.78, 5) is 15.0. The Balaban J connectivity index is 1.53. The van der Waals surface area contributed by atoms with Crippen LogP contribution in [0, 0.1) is 11.8 Å². The number of methoxy groups -OCH3 is 1. The van der Waals surface area contributed by atoms with Crippen LogP contribution in [-0.4, -0.2) is 49.7 Å². The molecule has 0 aromatic carbocycles. The van der Waals surface area contributed by atoms with Gasteiger partial charge in [0.15, 0.2) is 0 Å². The molecule has 0 spiro atoms. The molecule has 2 saturated carbocycles. The number of hydrogen-bond acceptors (Lipinski definition) is 3. The molecule has 0 aromatic heterocycles. The highest BCUT2D eigenvalue weighted by Crippen LogP contribution is 2.34. The number of likely N-dealkylation sites (tertiary alicyclic amines) is 1. The van der Waals surface area contributed by atoms with E-state index < -0.39 is 0 Å². The van der Waals surface area contributed by atoms with Crippen LogP contribution in [0.1, 0.15) is 51.4 Å². The number of piperidine rings is 1. The predicted molar refractivity (Wildman–Crippen MR) is 83.1 cm³/mol. The largest absolute Gasteiger partial charge is 0.385 e. The number of carbonyl (C=O) groups is 1. The zero-order valence-electron chi connectivity index (χ0n) is 13.4. The third-order valence-electron chi connectivity index (χ3n) is 5.68. The average Bonchev–Trinajstić information content (AvgIpc) is 3.21. The van der Waals surface area contributed by atoms with Crippen LogP contribution in [0.3, 0.4) is 0 Å². The summed E-state index contributed by atoms with van der Waals surface area (Å²) < 4.78 is 5.29. The van der Waals surface area contributed by atoms with Crippen molar-refractivity contribution in [1.29, 1.82) is 0 Å². The molecule has 120 valence electrons. The van der Waals surface area contributed by atoms with Gasteiger partial charge >= 0.3 is 0 Å². The zero-order chi connectivity index (χ0) is 14.7. The molecule has 21 heavy (non-hydrogen) atoms. The van der Waals surface area contributed by atoms with Crippen molar-refractivity contribution < 1.29 is 9.53 Å². The highest BCUT2D eigenvalue weighted by Gasteiger charge is 2.39. The number of ether oxygens (including phenoxy) is 1. The van der Waals surface area contributed by atoms with E-state index in [4.69, 9.17) is 4.74 Å². The molecule has 3 rings (SSSR count). The SMILES string of the molecule is COCCC1(NC(=O)C2CCC2)CCN(CC2CC2)CC1. The Hall–Kier alpha value is -0.610. The molecular weight excluding hydrogens is 264 g/mol. The molecule has 1 amide bonds. The summed E-state index contributed by atoms with van der Waals surface area (Å²) in [5.41, 5.74) is -0.0112. The molecule has 0 unspecified atom stereocenters. The van der Waals surface area contributed by atoms with Crippen molar-refractivity contribution in [3.63, 3.8) is 0 Å². The highest BCUT2D eigenvalue weighted by atomic mass is 16.5. The van der Waals surface area contributed by atoms with E-state index in [1.807, 2.05) is 0 Å². The van der Waals surface area contributed by atoms with Crippen LogP contribution < -0.4 is 5.32 Å². The number of nitrogens with zero attached hydrogens (tertiary/aromatic N) is 1. The number of hydrogen-bond donors (Lipinski definition) is 1. The smallest absolute Gasteiger partial charge is 0.223 e.